The molecule has 7 heteroatoms. The maximum absolute atomic E-state index is 12.6. The molecule has 0 aliphatic heterocycles. The fraction of sp³-hybridized carbons (Fsp3) is 0.444. The summed E-state index contributed by atoms with van der Waals surface area (Å²) >= 11 is 0. The van der Waals surface area contributed by atoms with Crippen LogP contribution in [-0.2, 0) is 14.3 Å². The van der Waals surface area contributed by atoms with Gasteiger partial charge in [0.2, 0.25) is 5.91 Å². The zero-order valence-electron chi connectivity index (χ0n) is 19.5. The lowest BCUT2D eigenvalue weighted by Gasteiger charge is -2.21. The minimum Gasteiger partial charge on any atom is -0.481 e. The van der Waals surface area contributed by atoms with Crippen molar-refractivity contribution in [3.05, 3.63) is 59.7 Å². The zero-order valence-corrected chi connectivity index (χ0v) is 19.5. The summed E-state index contributed by atoms with van der Waals surface area (Å²) in [5, 5.41) is 14.8. The zero-order chi connectivity index (χ0) is 24.1. The van der Waals surface area contributed by atoms with E-state index in [2.05, 4.69) is 34.9 Å². The van der Waals surface area contributed by atoms with Gasteiger partial charge in [0.05, 0.1) is 6.42 Å². The van der Waals surface area contributed by atoms with Crippen LogP contribution in [0.5, 0.6) is 0 Å². The number of carbonyl (C=O) groups excluding carboxylic acids is 2. The highest BCUT2D eigenvalue weighted by atomic mass is 16.5. The number of fused-ring (bicyclic) bond motifs is 3. The quantitative estimate of drug-likeness (QED) is 0.456. The maximum Gasteiger partial charge on any atom is 0.407 e. The van der Waals surface area contributed by atoms with E-state index in [1.807, 2.05) is 31.2 Å². The van der Waals surface area contributed by atoms with Crippen LogP contribution in [0.2, 0.25) is 0 Å². The molecule has 2 aliphatic rings. The van der Waals surface area contributed by atoms with Crippen LogP contribution in [0.4, 0.5) is 4.79 Å². The number of benzene rings is 2. The monoisotopic (exact) mass is 464 g/mol. The topological polar surface area (TPSA) is 105 Å². The maximum atomic E-state index is 12.6. The Bertz CT molecular complexity index is 1000. The van der Waals surface area contributed by atoms with E-state index >= 15 is 0 Å². The number of alkyl carbamates (subject to hydrolysis) is 1. The number of hydrogen-bond donors (Lipinski definition) is 3. The Morgan fingerprint density at radius 1 is 0.971 bits per heavy atom. The van der Waals surface area contributed by atoms with Crippen molar-refractivity contribution >= 4 is 18.0 Å². The lowest BCUT2D eigenvalue weighted by Crippen LogP contribution is -2.43. The molecule has 2 atom stereocenters. The summed E-state index contributed by atoms with van der Waals surface area (Å²) < 4.78 is 5.62. The number of aliphatic carboxylic acids is 1. The third-order valence-corrected chi connectivity index (χ3v) is 6.67. The number of carbonyl (C=O) groups is 3. The van der Waals surface area contributed by atoms with Crippen LogP contribution in [0.3, 0.4) is 0 Å². The molecular formula is C27H32N2O5. The predicted molar refractivity (Wildman–Crippen MR) is 128 cm³/mol. The van der Waals surface area contributed by atoms with Crippen LogP contribution in [0.1, 0.15) is 62.5 Å². The SMILES string of the molecule is CCCC(CC(=O)NC(CC(=O)O)C1CC1)NC(=O)OCC1c2ccccc2-c2ccccc21. The second-order valence-corrected chi connectivity index (χ2v) is 9.27. The summed E-state index contributed by atoms with van der Waals surface area (Å²) in [5.74, 6) is -0.948. The number of ether oxygens (including phenoxy) is 1. The number of hydrogen-bond acceptors (Lipinski definition) is 4. The van der Waals surface area contributed by atoms with Gasteiger partial charge in [0.1, 0.15) is 6.61 Å². The molecular weight excluding hydrogens is 432 g/mol. The second-order valence-electron chi connectivity index (χ2n) is 9.27. The first-order valence-corrected chi connectivity index (χ1v) is 12.1. The number of amides is 2. The highest BCUT2D eigenvalue weighted by Gasteiger charge is 2.34. The van der Waals surface area contributed by atoms with Gasteiger partial charge in [-0.05, 0) is 47.4 Å². The van der Waals surface area contributed by atoms with Crippen LogP contribution in [0.25, 0.3) is 11.1 Å². The predicted octanol–water partition coefficient (Wildman–Crippen LogP) is 4.45. The van der Waals surface area contributed by atoms with Gasteiger partial charge in [-0.2, -0.15) is 0 Å². The van der Waals surface area contributed by atoms with Gasteiger partial charge in [0, 0.05) is 24.4 Å². The first-order chi connectivity index (χ1) is 16.5. The van der Waals surface area contributed by atoms with Crippen molar-refractivity contribution in [2.45, 2.75) is 63.5 Å². The van der Waals surface area contributed by atoms with Crippen molar-refractivity contribution in [3.8, 4) is 11.1 Å². The van der Waals surface area contributed by atoms with Crippen LogP contribution in [0.15, 0.2) is 48.5 Å². The normalized spacial score (nSPS) is 16.1. The summed E-state index contributed by atoms with van der Waals surface area (Å²) in [6.45, 7) is 2.20. The molecule has 1 fully saturated rings. The Morgan fingerprint density at radius 3 is 2.15 bits per heavy atom. The minimum atomic E-state index is -0.918. The van der Waals surface area contributed by atoms with Gasteiger partial charge in [-0.15, -0.1) is 0 Å². The molecule has 2 aliphatic carbocycles. The standard InChI is InChI=1S/C27H32N2O5/c1-2-7-18(14-25(30)29-24(15-26(31)32)17-12-13-17)28-27(33)34-16-23-21-10-5-3-8-19(21)20-9-4-6-11-22(20)23/h3-6,8-11,17-18,23-24H,2,7,12-16H2,1H3,(H,28,33)(H,29,30)(H,31,32). The van der Waals surface area contributed by atoms with E-state index in [1.165, 1.54) is 11.1 Å². The molecule has 0 heterocycles. The van der Waals surface area contributed by atoms with E-state index in [4.69, 9.17) is 9.84 Å². The number of carboxylic acid groups (broad SMARTS) is 1. The molecule has 0 radical (unpaired) electrons. The van der Waals surface area contributed by atoms with Crippen LogP contribution < -0.4 is 10.6 Å². The lowest BCUT2D eigenvalue weighted by atomic mass is 9.98. The molecule has 2 aromatic carbocycles. The number of rotatable bonds is 11. The molecule has 0 aromatic heterocycles. The van der Waals surface area contributed by atoms with Crippen molar-refractivity contribution in [1.82, 2.24) is 10.6 Å². The molecule has 7 nitrogen and oxygen atoms in total. The Labute approximate surface area is 199 Å². The smallest absolute Gasteiger partial charge is 0.407 e. The average Bonchev–Trinajstić information content (AvgIpc) is 3.60. The molecule has 3 N–H and O–H groups in total. The number of carboxylic acids is 1. The highest BCUT2D eigenvalue weighted by molar-refractivity contribution is 5.80. The molecule has 0 saturated heterocycles. The van der Waals surface area contributed by atoms with E-state index in [9.17, 15) is 14.4 Å². The van der Waals surface area contributed by atoms with Crippen molar-refractivity contribution in [2.75, 3.05) is 6.61 Å². The molecule has 2 aromatic rings. The van der Waals surface area contributed by atoms with Gasteiger partial charge in [-0.1, -0.05) is 61.9 Å². The minimum absolute atomic E-state index is 0.0265. The Kier molecular flexibility index (Phi) is 7.50. The molecule has 1 saturated carbocycles. The summed E-state index contributed by atoms with van der Waals surface area (Å²) in [6.07, 6.45) is 2.78. The van der Waals surface area contributed by atoms with Crippen molar-refractivity contribution < 1.29 is 24.2 Å². The summed E-state index contributed by atoms with van der Waals surface area (Å²) in [6, 6.07) is 15.6. The Balaban J connectivity index is 1.33. The van der Waals surface area contributed by atoms with Crippen molar-refractivity contribution in [3.63, 3.8) is 0 Å². The van der Waals surface area contributed by atoms with Crippen molar-refractivity contribution in [2.24, 2.45) is 5.92 Å². The van der Waals surface area contributed by atoms with Gasteiger partial charge in [0.15, 0.2) is 0 Å². The summed E-state index contributed by atoms with van der Waals surface area (Å²) in [7, 11) is 0. The van der Waals surface area contributed by atoms with Crippen molar-refractivity contribution in [1.29, 1.82) is 0 Å². The van der Waals surface area contributed by atoms with E-state index in [0.717, 1.165) is 30.4 Å². The molecule has 34 heavy (non-hydrogen) atoms. The van der Waals surface area contributed by atoms with Crippen LogP contribution in [0, 0.1) is 5.92 Å². The average molecular weight is 465 g/mol. The largest absolute Gasteiger partial charge is 0.481 e. The summed E-state index contributed by atoms with van der Waals surface area (Å²) in [4.78, 5) is 36.3. The molecule has 180 valence electrons. The first-order valence-electron chi connectivity index (χ1n) is 12.1. The van der Waals surface area contributed by atoms with Gasteiger partial charge < -0.3 is 20.5 Å². The third kappa shape index (κ3) is 5.76. The Hall–Kier alpha value is -3.35. The first kappa shape index (κ1) is 23.8. The number of nitrogens with one attached hydrogen (secondary N) is 2. The molecule has 2 unspecified atom stereocenters. The van der Waals surface area contributed by atoms with E-state index in [0.29, 0.717) is 6.42 Å². The summed E-state index contributed by atoms with van der Waals surface area (Å²) in [5.41, 5.74) is 4.62. The highest BCUT2D eigenvalue weighted by Crippen LogP contribution is 2.44. The second kappa shape index (κ2) is 10.7. The molecule has 4 rings (SSSR count). The van der Waals surface area contributed by atoms with Gasteiger partial charge >= 0.3 is 12.1 Å². The lowest BCUT2D eigenvalue weighted by molar-refractivity contribution is -0.137. The fourth-order valence-electron chi connectivity index (χ4n) is 4.89. The molecule has 2 amide bonds. The van der Waals surface area contributed by atoms with E-state index in [-0.39, 0.29) is 49.3 Å². The van der Waals surface area contributed by atoms with Crippen LogP contribution in [-0.4, -0.2) is 41.8 Å². The van der Waals surface area contributed by atoms with Gasteiger partial charge in [-0.25, -0.2) is 4.79 Å². The van der Waals surface area contributed by atoms with Gasteiger partial charge in [-0.3, -0.25) is 9.59 Å². The molecule has 0 bridgehead atoms. The van der Waals surface area contributed by atoms with Crippen LogP contribution >= 0.6 is 0 Å². The van der Waals surface area contributed by atoms with E-state index < -0.39 is 12.1 Å². The van der Waals surface area contributed by atoms with E-state index in [1.54, 1.807) is 0 Å². The Morgan fingerprint density at radius 2 is 1.59 bits per heavy atom. The van der Waals surface area contributed by atoms with Gasteiger partial charge in [0.25, 0.3) is 0 Å². The fourth-order valence-corrected chi connectivity index (χ4v) is 4.89. The third-order valence-electron chi connectivity index (χ3n) is 6.67. The molecule has 0 spiro atoms.